The molecule has 16 heavy (non-hydrogen) atoms. The standard InChI is InChI=1S/C11H15ClN2O2/c1-11(6-13)4-5-14(7-11)10(15)8-2-3-9(12)16-8/h2-3H,4-7,13H2,1H3. The molecule has 0 bridgehead atoms. The Bertz CT molecular complexity index is 404. The summed E-state index contributed by atoms with van der Waals surface area (Å²) < 4.78 is 5.10. The van der Waals surface area contributed by atoms with Crippen LogP contribution in [-0.2, 0) is 0 Å². The van der Waals surface area contributed by atoms with E-state index >= 15 is 0 Å². The first-order valence-electron chi connectivity index (χ1n) is 5.29. The van der Waals surface area contributed by atoms with Gasteiger partial charge in [-0.1, -0.05) is 6.92 Å². The number of carbonyl (C=O) groups excluding carboxylic acids is 1. The van der Waals surface area contributed by atoms with Gasteiger partial charge in [-0.2, -0.15) is 0 Å². The molecule has 0 spiro atoms. The van der Waals surface area contributed by atoms with Gasteiger partial charge in [0.15, 0.2) is 11.0 Å². The van der Waals surface area contributed by atoms with Crippen LogP contribution in [0.25, 0.3) is 0 Å². The van der Waals surface area contributed by atoms with Gasteiger partial charge in [0.1, 0.15) is 0 Å². The summed E-state index contributed by atoms with van der Waals surface area (Å²) >= 11 is 5.64. The van der Waals surface area contributed by atoms with E-state index in [1.165, 1.54) is 0 Å². The van der Waals surface area contributed by atoms with Crippen molar-refractivity contribution in [2.24, 2.45) is 11.1 Å². The molecule has 0 aliphatic carbocycles. The van der Waals surface area contributed by atoms with Crippen molar-refractivity contribution >= 4 is 17.5 Å². The molecular formula is C11H15ClN2O2. The minimum atomic E-state index is -0.107. The van der Waals surface area contributed by atoms with E-state index < -0.39 is 0 Å². The quantitative estimate of drug-likeness (QED) is 0.860. The zero-order valence-corrected chi connectivity index (χ0v) is 9.96. The van der Waals surface area contributed by atoms with E-state index in [1.807, 2.05) is 0 Å². The zero-order valence-electron chi connectivity index (χ0n) is 9.20. The van der Waals surface area contributed by atoms with Crippen LogP contribution in [0.4, 0.5) is 0 Å². The van der Waals surface area contributed by atoms with Gasteiger partial charge in [0.2, 0.25) is 0 Å². The van der Waals surface area contributed by atoms with Crippen molar-refractivity contribution < 1.29 is 9.21 Å². The number of halogens is 1. The monoisotopic (exact) mass is 242 g/mol. The zero-order chi connectivity index (χ0) is 11.8. The van der Waals surface area contributed by atoms with Gasteiger partial charge in [-0.15, -0.1) is 0 Å². The summed E-state index contributed by atoms with van der Waals surface area (Å²) in [6.45, 7) is 4.09. The Hall–Kier alpha value is -1.00. The van der Waals surface area contributed by atoms with Crippen LogP contribution in [0.1, 0.15) is 23.9 Å². The van der Waals surface area contributed by atoms with Crippen LogP contribution in [0, 0.1) is 5.41 Å². The van der Waals surface area contributed by atoms with Crippen LogP contribution in [0.15, 0.2) is 16.5 Å². The van der Waals surface area contributed by atoms with Gasteiger partial charge in [0.05, 0.1) is 0 Å². The molecule has 2 N–H and O–H groups in total. The summed E-state index contributed by atoms with van der Waals surface area (Å²) in [7, 11) is 0. The third kappa shape index (κ3) is 2.08. The highest BCUT2D eigenvalue weighted by Gasteiger charge is 2.35. The maximum absolute atomic E-state index is 12.0. The largest absolute Gasteiger partial charge is 0.440 e. The maximum Gasteiger partial charge on any atom is 0.289 e. The number of nitrogens with zero attached hydrogens (tertiary/aromatic N) is 1. The molecule has 1 aliphatic heterocycles. The molecule has 0 radical (unpaired) electrons. The Morgan fingerprint density at radius 2 is 2.44 bits per heavy atom. The molecular weight excluding hydrogens is 228 g/mol. The topological polar surface area (TPSA) is 59.5 Å². The van der Waals surface area contributed by atoms with Gasteiger partial charge in [0, 0.05) is 13.1 Å². The number of hydrogen-bond donors (Lipinski definition) is 1. The first-order valence-corrected chi connectivity index (χ1v) is 5.66. The number of furan rings is 1. The minimum absolute atomic E-state index is 0.0338. The van der Waals surface area contributed by atoms with Gasteiger partial charge in [0.25, 0.3) is 5.91 Å². The predicted octanol–water partition coefficient (Wildman–Crippen LogP) is 1.74. The highest BCUT2D eigenvalue weighted by atomic mass is 35.5. The first kappa shape index (κ1) is 11.5. The molecule has 1 aromatic rings. The van der Waals surface area contributed by atoms with E-state index in [2.05, 4.69) is 6.92 Å². The molecule has 5 heteroatoms. The summed E-state index contributed by atoms with van der Waals surface area (Å²) in [6, 6.07) is 3.18. The SMILES string of the molecule is CC1(CN)CCN(C(=O)c2ccc(Cl)o2)C1. The lowest BCUT2D eigenvalue weighted by molar-refractivity contribution is 0.0745. The van der Waals surface area contributed by atoms with Crippen molar-refractivity contribution in [2.45, 2.75) is 13.3 Å². The molecule has 1 unspecified atom stereocenters. The lowest BCUT2D eigenvalue weighted by Gasteiger charge is -2.21. The molecule has 1 saturated heterocycles. The van der Waals surface area contributed by atoms with Crippen LogP contribution < -0.4 is 5.73 Å². The molecule has 88 valence electrons. The normalized spacial score (nSPS) is 25.1. The van der Waals surface area contributed by atoms with Crippen molar-refractivity contribution in [1.29, 1.82) is 0 Å². The van der Waals surface area contributed by atoms with E-state index in [-0.39, 0.29) is 16.5 Å². The predicted molar refractivity (Wildman–Crippen MR) is 61.4 cm³/mol. The van der Waals surface area contributed by atoms with Crippen LogP contribution >= 0.6 is 11.6 Å². The van der Waals surface area contributed by atoms with Crippen LogP contribution in [0.2, 0.25) is 5.22 Å². The Labute approximate surface area is 99.3 Å². The number of rotatable bonds is 2. The minimum Gasteiger partial charge on any atom is -0.440 e. The maximum atomic E-state index is 12.0. The number of likely N-dealkylation sites (tertiary alicyclic amines) is 1. The fraction of sp³-hybridized carbons (Fsp3) is 0.545. The van der Waals surface area contributed by atoms with E-state index in [4.69, 9.17) is 21.8 Å². The molecule has 1 aromatic heterocycles. The van der Waals surface area contributed by atoms with Crippen molar-refractivity contribution in [3.63, 3.8) is 0 Å². The smallest absolute Gasteiger partial charge is 0.289 e. The van der Waals surface area contributed by atoms with E-state index in [1.54, 1.807) is 17.0 Å². The third-order valence-electron chi connectivity index (χ3n) is 3.12. The first-order chi connectivity index (χ1) is 7.54. The number of amides is 1. The van der Waals surface area contributed by atoms with Crippen molar-refractivity contribution in [1.82, 2.24) is 4.90 Å². The van der Waals surface area contributed by atoms with Gasteiger partial charge in [-0.3, -0.25) is 4.79 Å². The molecule has 0 aromatic carbocycles. The summed E-state index contributed by atoms with van der Waals surface area (Å²) in [4.78, 5) is 13.8. The highest BCUT2D eigenvalue weighted by molar-refractivity contribution is 6.29. The van der Waals surface area contributed by atoms with Gasteiger partial charge in [-0.25, -0.2) is 0 Å². The number of nitrogens with two attached hydrogens (primary N) is 1. The molecule has 2 rings (SSSR count). The number of hydrogen-bond acceptors (Lipinski definition) is 3. The fourth-order valence-corrected chi connectivity index (χ4v) is 2.09. The lowest BCUT2D eigenvalue weighted by atomic mass is 9.90. The highest BCUT2D eigenvalue weighted by Crippen LogP contribution is 2.29. The van der Waals surface area contributed by atoms with Gasteiger partial charge < -0.3 is 15.1 Å². The van der Waals surface area contributed by atoms with Crippen LogP contribution in [0.5, 0.6) is 0 Å². The van der Waals surface area contributed by atoms with Gasteiger partial charge >= 0.3 is 0 Å². The average molecular weight is 243 g/mol. The van der Waals surface area contributed by atoms with Crippen molar-refractivity contribution in [3.8, 4) is 0 Å². The van der Waals surface area contributed by atoms with Gasteiger partial charge in [-0.05, 0) is 42.1 Å². The Morgan fingerprint density at radius 1 is 1.69 bits per heavy atom. The van der Waals surface area contributed by atoms with E-state index in [0.29, 0.717) is 18.8 Å². The van der Waals surface area contributed by atoms with Crippen LogP contribution in [-0.4, -0.2) is 30.4 Å². The second-order valence-electron chi connectivity index (χ2n) is 4.60. The molecule has 1 fully saturated rings. The summed E-state index contributed by atoms with van der Waals surface area (Å²) in [5.41, 5.74) is 5.72. The van der Waals surface area contributed by atoms with E-state index in [0.717, 1.165) is 13.0 Å². The molecule has 0 saturated carbocycles. The summed E-state index contributed by atoms with van der Waals surface area (Å²) in [5, 5.41) is 0.240. The second kappa shape index (κ2) is 4.11. The molecule has 1 amide bonds. The average Bonchev–Trinajstić information content (AvgIpc) is 2.85. The Morgan fingerprint density at radius 3 is 2.94 bits per heavy atom. The second-order valence-corrected chi connectivity index (χ2v) is 4.97. The van der Waals surface area contributed by atoms with Crippen molar-refractivity contribution in [3.05, 3.63) is 23.1 Å². The summed E-state index contributed by atoms with van der Waals surface area (Å²) in [6.07, 6.45) is 0.934. The Kier molecular flexibility index (Phi) is 2.95. The molecule has 1 atom stereocenters. The summed E-state index contributed by atoms with van der Waals surface area (Å²) in [5.74, 6) is 0.190. The molecule has 4 nitrogen and oxygen atoms in total. The third-order valence-corrected chi connectivity index (χ3v) is 3.32. The van der Waals surface area contributed by atoms with Crippen molar-refractivity contribution in [2.75, 3.05) is 19.6 Å². The lowest BCUT2D eigenvalue weighted by Crippen LogP contribution is -2.34. The van der Waals surface area contributed by atoms with Crippen LogP contribution in [0.3, 0.4) is 0 Å². The number of carbonyl (C=O) groups is 1. The molecule has 2 heterocycles. The van der Waals surface area contributed by atoms with E-state index in [9.17, 15) is 4.79 Å². The Balaban J connectivity index is 2.08. The fourth-order valence-electron chi connectivity index (χ4n) is 1.95. The molecule has 1 aliphatic rings.